The van der Waals surface area contributed by atoms with Gasteiger partial charge < -0.3 is 9.47 Å². The van der Waals surface area contributed by atoms with E-state index in [-0.39, 0.29) is 23.0 Å². The summed E-state index contributed by atoms with van der Waals surface area (Å²) >= 11 is 1.29. The Labute approximate surface area is 221 Å². The number of aryl methyl sites for hydroxylation is 1. The Morgan fingerprint density at radius 3 is 2.58 bits per heavy atom. The lowest BCUT2D eigenvalue weighted by molar-refractivity contribution is -0.385. The molecule has 3 aromatic carbocycles. The number of hydrogen-bond acceptors (Lipinski definition) is 7. The molecule has 0 unspecified atom stereocenters. The van der Waals surface area contributed by atoms with Gasteiger partial charge in [-0.15, -0.1) is 0 Å². The number of aromatic nitrogens is 1. The molecule has 8 nitrogen and oxygen atoms in total. The Morgan fingerprint density at radius 2 is 1.84 bits per heavy atom. The molecule has 4 aromatic rings. The maximum Gasteiger partial charge on any atom is 0.311 e. The summed E-state index contributed by atoms with van der Waals surface area (Å²) < 4.78 is 12.7. The molecule has 1 aliphatic carbocycles. The highest BCUT2D eigenvalue weighted by atomic mass is 32.1. The molecule has 0 radical (unpaired) electrons. The molecule has 2 heterocycles. The molecule has 38 heavy (non-hydrogen) atoms. The normalized spacial score (nSPS) is 16.3. The quantitative estimate of drug-likeness (QED) is 0.287. The van der Waals surface area contributed by atoms with Crippen molar-refractivity contribution in [3.05, 3.63) is 124 Å². The molecule has 0 fully saturated rings. The van der Waals surface area contributed by atoms with Crippen LogP contribution in [-0.4, -0.2) is 23.7 Å². The molecule has 1 atom stereocenters. The largest absolute Gasteiger partial charge is 0.497 e. The lowest BCUT2D eigenvalue weighted by Crippen LogP contribution is -2.38. The highest BCUT2D eigenvalue weighted by molar-refractivity contribution is 7.07. The second-order valence-electron chi connectivity index (χ2n) is 9.08. The SMILES string of the molecule is COc1ccc([C@@H]2C3=C(N=c4s/c(=C\c5ccc(OC)c([N+](=O)[O-])c5)c(=O)n42)c2ccccc2CC3)cc1. The van der Waals surface area contributed by atoms with E-state index in [0.29, 0.717) is 14.9 Å². The van der Waals surface area contributed by atoms with Crippen molar-refractivity contribution in [1.82, 2.24) is 4.57 Å². The third-order valence-electron chi connectivity index (χ3n) is 7.00. The van der Waals surface area contributed by atoms with Gasteiger partial charge in [0.2, 0.25) is 0 Å². The maximum absolute atomic E-state index is 13.9. The topological polar surface area (TPSA) is 96.0 Å². The van der Waals surface area contributed by atoms with Gasteiger partial charge in [0, 0.05) is 11.6 Å². The Morgan fingerprint density at radius 1 is 1.05 bits per heavy atom. The van der Waals surface area contributed by atoms with Gasteiger partial charge in [0.15, 0.2) is 10.6 Å². The van der Waals surface area contributed by atoms with Gasteiger partial charge in [-0.25, -0.2) is 4.99 Å². The van der Waals surface area contributed by atoms with Crippen molar-refractivity contribution in [2.24, 2.45) is 4.99 Å². The van der Waals surface area contributed by atoms with Gasteiger partial charge >= 0.3 is 5.69 Å². The molecule has 0 spiro atoms. The summed E-state index contributed by atoms with van der Waals surface area (Å²) in [4.78, 5) is 30.5. The van der Waals surface area contributed by atoms with E-state index < -0.39 is 4.92 Å². The van der Waals surface area contributed by atoms with Crippen LogP contribution >= 0.6 is 11.3 Å². The fourth-order valence-corrected chi connectivity index (χ4v) is 6.20. The van der Waals surface area contributed by atoms with E-state index in [9.17, 15) is 14.9 Å². The highest BCUT2D eigenvalue weighted by Gasteiger charge is 2.32. The summed E-state index contributed by atoms with van der Waals surface area (Å²) in [7, 11) is 3.01. The molecule has 0 N–H and O–H groups in total. The fourth-order valence-electron chi connectivity index (χ4n) is 5.20. The van der Waals surface area contributed by atoms with Crippen LogP contribution in [0.25, 0.3) is 11.8 Å². The van der Waals surface area contributed by atoms with Crippen molar-refractivity contribution in [3.63, 3.8) is 0 Å². The first-order valence-corrected chi connectivity index (χ1v) is 12.9. The molecule has 1 aliphatic heterocycles. The van der Waals surface area contributed by atoms with Gasteiger partial charge in [-0.1, -0.05) is 53.8 Å². The van der Waals surface area contributed by atoms with E-state index in [0.717, 1.165) is 41.0 Å². The van der Waals surface area contributed by atoms with Gasteiger partial charge in [-0.3, -0.25) is 19.5 Å². The molecular weight excluding hydrogens is 502 g/mol. The van der Waals surface area contributed by atoms with Crippen molar-refractivity contribution < 1.29 is 14.4 Å². The summed E-state index contributed by atoms with van der Waals surface area (Å²) in [6.07, 6.45) is 3.34. The summed E-state index contributed by atoms with van der Waals surface area (Å²) in [6, 6.07) is 20.4. The van der Waals surface area contributed by atoms with Gasteiger partial charge in [-0.05, 0) is 59.4 Å². The van der Waals surface area contributed by atoms with Crippen molar-refractivity contribution in [2.45, 2.75) is 18.9 Å². The standard InChI is InChI=1S/C29H23N3O5S/c1-36-20-11-8-19(9-12-20)27-22-13-10-18-5-3-4-6-21(18)26(22)30-29-31(27)28(33)25(38-29)16-17-7-14-24(37-2)23(15-17)32(34)35/h3-9,11-12,14-16,27H,10,13H2,1-2H3/b25-16-/t27-/m1/s1. The summed E-state index contributed by atoms with van der Waals surface area (Å²) in [6.45, 7) is 0. The first-order valence-electron chi connectivity index (χ1n) is 12.1. The summed E-state index contributed by atoms with van der Waals surface area (Å²) in [5.41, 5.74) is 5.53. The number of nitro benzene ring substituents is 1. The van der Waals surface area contributed by atoms with Crippen LogP contribution in [0.2, 0.25) is 0 Å². The molecule has 1 aromatic heterocycles. The first-order chi connectivity index (χ1) is 18.5. The van der Waals surface area contributed by atoms with E-state index in [1.54, 1.807) is 23.8 Å². The third kappa shape index (κ3) is 3.92. The zero-order chi connectivity index (χ0) is 26.4. The molecular formula is C29H23N3O5S. The molecule has 190 valence electrons. The number of rotatable bonds is 5. The average molecular weight is 526 g/mol. The van der Waals surface area contributed by atoms with Gasteiger partial charge in [-0.2, -0.15) is 0 Å². The van der Waals surface area contributed by atoms with Crippen LogP contribution < -0.4 is 24.4 Å². The minimum absolute atomic E-state index is 0.155. The zero-order valence-electron chi connectivity index (χ0n) is 20.7. The number of ether oxygens (including phenoxy) is 2. The second-order valence-corrected chi connectivity index (χ2v) is 10.1. The van der Waals surface area contributed by atoms with Crippen LogP contribution in [0.4, 0.5) is 5.69 Å². The predicted octanol–water partition coefficient (Wildman–Crippen LogP) is 4.24. The van der Waals surface area contributed by atoms with Crippen LogP contribution in [0.1, 0.15) is 34.7 Å². The number of nitro groups is 1. The van der Waals surface area contributed by atoms with E-state index in [1.165, 1.54) is 36.1 Å². The summed E-state index contributed by atoms with van der Waals surface area (Å²) in [5, 5.41) is 11.5. The van der Waals surface area contributed by atoms with Gasteiger partial charge in [0.25, 0.3) is 5.56 Å². The van der Waals surface area contributed by atoms with Crippen molar-refractivity contribution >= 4 is 28.8 Å². The van der Waals surface area contributed by atoms with Crippen LogP contribution in [0.15, 0.2) is 82.1 Å². The molecule has 0 saturated heterocycles. The molecule has 6 rings (SSSR count). The number of fused-ring (bicyclic) bond motifs is 3. The Hall–Kier alpha value is -4.50. The van der Waals surface area contributed by atoms with Crippen molar-refractivity contribution in [2.75, 3.05) is 14.2 Å². The van der Waals surface area contributed by atoms with Crippen LogP contribution in [0, 0.1) is 10.1 Å². The second kappa shape index (κ2) is 9.42. The van der Waals surface area contributed by atoms with Crippen LogP contribution in [0.5, 0.6) is 11.5 Å². The van der Waals surface area contributed by atoms with E-state index >= 15 is 0 Å². The van der Waals surface area contributed by atoms with Gasteiger partial charge in [0.05, 0.1) is 35.4 Å². The number of thiazole rings is 1. The summed E-state index contributed by atoms with van der Waals surface area (Å²) in [5.74, 6) is 0.907. The molecule has 0 amide bonds. The smallest absolute Gasteiger partial charge is 0.311 e. The Bertz CT molecular complexity index is 1800. The predicted molar refractivity (Wildman–Crippen MR) is 145 cm³/mol. The maximum atomic E-state index is 13.9. The Balaban J connectivity index is 1.57. The highest BCUT2D eigenvalue weighted by Crippen LogP contribution is 2.41. The number of benzene rings is 3. The van der Waals surface area contributed by atoms with Crippen LogP contribution in [-0.2, 0) is 6.42 Å². The minimum atomic E-state index is -0.493. The lowest BCUT2D eigenvalue weighted by atomic mass is 9.83. The number of hydrogen-bond donors (Lipinski definition) is 0. The van der Waals surface area contributed by atoms with E-state index in [1.807, 2.05) is 36.4 Å². The average Bonchev–Trinajstić information content (AvgIpc) is 3.26. The number of nitrogens with zero attached hydrogens (tertiary/aromatic N) is 3. The first kappa shape index (κ1) is 23.9. The van der Waals surface area contributed by atoms with Crippen molar-refractivity contribution in [3.8, 4) is 11.5 Å². The molecule has 0 saturated carbocycles. The van der Waals surface area contributed by atoms with Crippen molar-refractivity contribution in [1.29, 1.82) is 0 Å². The fraction of sp³-hybridized carbons (Fsp3) is 0.172. The van der Waals surface area contributed by atoms with E-state index in [4.69, 9.17) is 14.5 Å². The zero-order valence-corrected chi connectivity index (χ0v) is 21.5. The monoisotopic (exact) mass is 525 g/mol. The number of allylic oxidation sites excluding steroid dienone is 1. The Kier molecular flexibility index (Phi) is 5.92. The molecule has 0 bridgehead atoms. The molecule has 9 heteroatoms. The van der Waals surface area contributed by atoms with Crippen LogP contribution in [0.3, 0.4) is 0 Å². The third-order valence-corrected chi connectivity index (χ3v) is 7.98. The lowest BCUT2D eigenvalue weighted by Gasteiger charge is -2.30. The number of methoxy groups -OCH3 is 2. The minimum Gasteiger partial charge on any atom is -0.497 e. The van der Waals surface area contributed by atoms with E-state index in [2.05, 4.69) is 12.1 Å². The molecule has 2 aliphatic rings. The van der Waals surface area contributed by atoms with Gasteiger partial charge in [0.1, 0.15) is 5.75 Å².